The summed E-state index contributed by atoms with van der Waals surface area (Å²) in [5.41, 5.74) is 0. The molecule has 1 N–H and O–H groups in total. The fourth-order valence-corrected chi connectivity index (χ4v) is 1.24. The molecule has 0 aliphatic carbocycles. The highest BCUT2D eigenvalue weighted by molar-refractivity contribution is 8.08. The van der Waals surface area contributed by atoms with Crippen LogP contribution >= 0.6 is 11.8 Å². The van der Waals surface area contributed by atoms with Gasteiger partial charge in [0.2, 0.25) is 0 Å². The van der Waals surface area contributed by atoms with Crippen LogP contribution in [0.4, 0.5) is 0 Å². The Bertz CT molecular complexity index is 134. The summed E-state index contributed by atoms with van der Waals surface area (Å²) in [5.74, 6) is 0.793. The van der Waals surface area contributed by atoms with Crippen molar-refractivity contribution in [2.45, 2.75) is 17.8 Å². The molecule has 0 radical (unpaired) electrons. The van der Waals surface area contributed by atoms with Gasteiger partial charge in [0.1, 0.15) is 4.75 Å². The van der Waals surface area contributed by atoms with Crippen molar-refractivity contribution in [3.8, 4) is 6.07 Å². The summed E-state index contributed by atoms with van der Waals surface area (Å²) in [6, 6.07) is 2.06. The Morgan fingerprint density at radius 2 is 2.50 bits per heavy atom. The number of thioether (sulfide) groups is 1. The van der Waals surface area contributed by atoms with Crippen molar-refractivity contribution in [1.82, 2.24) is 0 Å². The second-order valence-electron chi connectivity index (χ2n) is 1.97. The Morgan fingerprint density at radius 3 is 2.50 bits per heavy atom. The van der Waals surface area contributed by atoms with Crippen molar-refractivity contribution in [1.29, 1.82) is 5.26 Å². The standard InChI is InChI=1S/C5H7NOS/c1-4(7)5(2-6)3-8-5/h4,7H,3H2,1H3/t4-,5?/m0/s1. The van der Waals surface area contributed by atoms with Gasteiger partial charge in [0.25, 0.3) is 0 Å². The number of hydrogen-bond donors (Lipinski definition) is 1. The van der Waals surface area contributed by atoms with Gasteiger partial charge in [-0.1, -0.05) is 0 Å². The minimum Gasteiger partial charge on any atom is -0.391 e. The number of hydrogen-bond acceptors (Lipinski definition) is 3. The van der Waals surface area contributed by atoms with Gasteiger partial charge in [0.05, 0.1) is 12.2 Å². The summed E-state index contributed by atoms with van der Waals surface area (Å²) < 4.78 is -0.431. The predicted molar refractivity (Wildman–Crippen MR) is 32.5 cm³/mol. The third-order valence-electron chi connectivity index (χ3n) is 1.32. The molecule has 0 aromatic carbocycles. The van der Waals surface area contributed by atoms with Crippen molar-refractivity contribution < 1.29 is 5.11 Å². The molecule has 1 saturated heterocycles. The molecule has 1 rings (SSSR count). The van der Waals surface area contributed by atoms with E-state index in [1.807, 2.05) is 0 Å². The Hall–Kier alpha value is -0.200. The first-order valence-corrected chi connectivity index (χ1v) is 3.43. The number of rotatable bonds is 1. The summed E-state index contributed by atoms with van der Waals surface area (Å²) in [6.07, 6.45) is -0.475. The monoisotopic (exact) mass is 129 g/mol. The summed E-state index contributed by atoms with van der Waals surface area (Å²) in [7, 11) is 0. The van der Waals surface area contributed by atoms with E-state index in [0.29, 0.717) is 0 Å². The molecule has 2 atom stereocenters. The van der Waals surface area contributed by atoms with Crippen molar-refractivity contribution in [2.24, 2.45) is 0 Å². The second-order valence-corrected chi connectivity index (χ2v) is 3.27. The van der Waals surface area contributed by atoms with Gasteiger partial charge in [-0.05, 0) is 6.92 Å². The second kappa shape index (κ2) is 1.64. The van der Waals surface area contributed by atoms with Gasteiger partial charge in [-0.2, -0.15) is 5.26 Å². The lowest BCUT2D eigenvalue weighted by Gasteiger charge is -2.04. The van der Waals surface area contributed by atoms with Crippen LogP contribution in [0.2, 0.25) is 0 Å². The highest BCUT2D eigenvalue weighted by atomic mass is 32.2. The highest BCUT2D eigenvalue weighted by Crippen LogP contribution is 2.46. The van der Waals surface area contributed by atoms with E-state index in [4.69, 9.17) is 10.4 Å². The number of aliphatic hydroxyl groups excluding tert-OH is 1. The lowest BCUT2D eigenvalue weighted by molar-refractivity contribution is 0.185. The van der Waals surface area contributed by atoms with E-state index in [0.717, 1.165) is 5.75 Å². The molecule has 0 aromatic rings. The first kappa shape index (κ1) is 5.93. The van der Waals surface area contributed by atoms with Crippen molar-refractivity contribution in [2.75, 3.05) is 5.75 Å². The lowest BCUT2D eigenvalue weighted by Crippen LogP contribution is -2.22. The number of aliphatic hydroxyl groups is 1. The molecule has 1 fully saturated rings. The maximum atomic E-state index is 8.90. The van der Waals surface area contributed by atoms with Gasteiger partial charge in [0.15, 0.2) is 0 Å². The SMILES string of the molecule is C[C@H](O)C1(C#N)CS1. The van der Waals surface area contributed by atoms with Crippen LogP contribution < -0.4 is 0 Å². The van der Waals surface area contributed by atoms with Crippen LogP contribution in [-0.2, 0) is 0 Å². The Labute approximate surface area is 52.5 Å². The third-order valence-corrected chi connectivity index (χ3v) is 2.66. The average molecular weight is 129 g/mol. The molecule has 2 nitrogen and oxygen atoms in total. The van der Waals surface area contributed by atoms with Crippen LogP contribution in [0, 0.1) is 11.3 Å². The first-order valence-electron chi connectivity index (χ1n) is 2.44. The predicted octanol–water partition coefficient (Wildman–Crippen LogP) is 0.376. The largest absolute Gasteiger partial charge is 0.391 e. The summed E-state index contributed by atoms with van der Waals surface area (Å²) in [6.45, 7) is 1.66. The van der Waals surface area contributed by atoms with Crippen LogP contribution in [0.15, 0.2) is 0 Å². The molecule has 1 heterocycles. The fourth-order valence-electron chi connectivity index (χ4n) is 0.477. The smallest absolute Gasteiger partial charge is 0.137 e. The normalized spacial score (nSPS) is 38.1. The van der Waals surface area contributed by atoms with Gasteiger partial charge >= 0.3 is 0 Å². The molecule has 44 valence electrons. The zero-order chi connectivity index (χ0) is 6.20. The Kier molecular flexibility index (Phi) is 1.22. The van der Waals surface area contributed by atoms with Crippen molar-refractivity contribution >= 4 is 11.8 Å². The topological polar surface area (TPSA) is 44.0 Å². The molecule has 0 amide bonds. The molecule has 3 heteroatoms. The average Bonchev–Trinajstić information content (AvgIpc) is 2.44. The lowest BCUT2D eigenvalue weighted by atomic mass is 10.1. The molecular weight excluding hydrogens is 122 g/mol. The van der Waals surface area contributed by atoms with E-state index in [1.165, 1.54) is 11.8 Å². The van der Waals surface area contributed by atoms with Crippen LogP contribution in [0.3, 0.4) is 0 Å². The molecular formula is C5H7NOS. The van der Waals surface area contributed by atoms with E-state index in [2.05, 4.69) is 6.07 Å². The van der Waals surface area contributed by atoms with Gasteiger partial charge in [-0.15, -0.1) is 11.8 Å². The van der Waals surface area contributed by atoms with Gasteiger partial charge < -0.3 is 5.11 Å². The Morgan fingerprint density at radius 1 is 2.00 bits per heavy atom. The third kappa shape index (κ3) is 0.702. The van der Waals surface area contributed by atoms with Crippen LogP contribution in [0.1, 0.15) is 6.92 Å². The fraction of sp³-hybridized carbons (Fsp3) is 0.800. The summed E-state index contributed by atoms with van der Waals surface area (Å²) >= 11 is 1.51. The maximum absolute atomic E-state index is 8.90. The maximum Gasteiger partial charge on any atom is 0.137 e. The van der Waals surface area contributed by atoms with Gasteiger partial charge in [0, 0.05) is 5.75 Å². The molecule has 0 spiro atoms. The summed E-state index contributed by atoms with van der Waals surface area (Å²) in [5, 5.41) is 17.3. The number of nitrogens with zero attached hydrogens (tertiary/aromatic N) is 1. The quantitative estimate of drug-likeness (QED) is 0.520. The van der Waals surface area contributed by atoms with Crippen LogP contribution in [-0.4, -0.2) is 21.7 Å². The van der Waals surface area contributed by atoms with E-state index < -0.39 is 10.9 Å². The van der Waals surface area contributed by atoms with E-state index in [9.17, 15) is 0 Å². The zero-order valence-electron chi connectivity index (χ0n) is 4.59. The molecule has 1 aliphatic rings. The van der Waals surface area contributed by atoms with Crippen LogP contribution in [0.25, 0.3) is 0 Å². The number of nitriles is 1. The molecule has 1 unspecified atom stereocenters. The first-order chi connectivity index (χ1) is 3.71. The van der Waals surface area contributed by atoms with Gasteiger partial charge in [-0.25, -0.2) is 0 Å². The summed E-state index contributed by atoms with van der Waals surface area (Å²) in [4.78, 5) is 0. The van der Waals surface area contributed by atoms with Crippen molar-refractivity contribution in [3.05, 3.63) is 0 Å². The zero-order valence-corrected chi connectivity index (χ0v) is 5.40. The Balaban J connectivity index is 2.57. The minimum atomic E-state index is -0.475. The molecule has 0 saturated carbocycles. The minimum absolute atomic E-state index is 0.431. The van der Waals surface area contributed by atoms with E-state index in [-0.39, 0.29) is 0 Å². The molecule has 1 aliphatic heterocycles. The molecule has 0 bridgehead atoms. The molecule has 0 aromatic heterocycles. The van der Waals surface area contributed by atoms with Crippen molar-refractivity contribution in [3.63, 3.8) is 0 Å². The van der Waals surface area contributed by atoms with E-state index >= 15 is 0 Å². The molecule has 8 heavy (non-hydrogen) atoms. The highest BCUT2D eigenvalue weighted by Gasteiger charge is 2.49. The van der Waals surface area contributed by atoms with Gasteiger partial charge in [-0.3, -0.25) is 0 Å². The van der Waals surface area contributed by atoms with E-state index in [1.54, 1.807) is 6.92 Å². The van der Waals surface area contributed by atoms with Crippen LogP contribution in [0.5, 0.6) is 0 Å².